The second kappa shape index (κ2) is 3.58. The summed E-state index contributed by atoms with van der Waals surface area (Å²) in [5, 5.41) is 10.0. The molecule has 1 aromatic carbocycles. The van der Waals surface area contributed by atoms with Gasteiger partial charge in [0.05, 0.1) is 5.56 Å². The van der Waals surface area contributed by atoms with E-state index in [9.17, 15) is 9.90 Å². The first kappa shape index (κ1) is 11.7. The highest BCUT2D eigenvalue weighted by Crippen LogP contribution is 2.42. The Balaban J connectivity index is 2.22. The minimum Gasteiger partial charge on any atom is -0.459 e. The summed E-state index contributed by atoms with van der Waals surface area (Å²) < 4.78 is 4.99. The Kier molecular flexibility index (Phi) is 2.33. The van der Waals surface area contributed by atoms with Gasteiger partial charge < -0.3 is 9.84 Å². The molecule has 1 atom stereocenters. The molecule has 1 aromatic rings. The molecule has 0 aromatic heterocycles. The Labute approximate surface area is 107 Å². The molecule has 0 spiro atoms. The number of hydrogen-bond donors (Lipinski definition) is 1. The van der Waals surface area contributed by atoms with Gasteiger partial charge in [0.25, 0.3) is 0 Å². The van der Waals surface area contributed by atoms with Crippen molar-refractivity contribution >= 4 is 5.97 Å². The van der Waals surface area contributed by atoms with Crippen molar-refractivity contribution < 1.29 is 14.6 Å². The maximum atomic E-state index is 11.8. The lowest BCUT2D eigenvalue weighted by Crippen LogP contribution is -2.24. The highest BCUT2D eigenvalue weighted by Gasteiger charge is 2.35. The molecular formula is C15H18O3. The van der Waals surface area contributed by atoms with Crippen molar-refractivity contribution in [3.8, 4) is 0 Å². The number of ether oxygens (including phenoxy) is 1. The van der Waals surface area contributed by atoms with Crippen molar-refractivity contribution in [3.63, 3.8) is 0 Å². The van der Waals surface area contributed by atoms with E-state index < -0.39 is 6.10 Å². The van der Waals surface area contributed by atoms with Gasteiger partial charge in [0.1, 0.15) is 12.7 Å². The van der Waals surface area contributed by atoms with E-state index in [0.717, 1.165) is 24.0 Å². The summed E-state index contributed by atoms with van der Waals surface area (Å²) in [6, 6.07) is 1.93. The molecule has 3 heteroatoms. The largest absolute Gasteiger partial charge is 0.459 e. The maximum absolute atomic E-state index is 11.8. The molecule has 0 unspecified atom stereocenters. The first-order chi connectivity index (χ1) is 8.39. The molecule has 96 valence electrons. The zero-order valence-corrected chi connectivity index (χ0v) is 11.0. The smallest absolute Gasteiger partial charge is 0.338 e. The van der Waals surface area contributed by atoms with Gasteiger partial charge in [-0.3, -0.25) is 0 Å². The Bertz CT molecular complexity index is 543. The Hall–Kier alpha value is -1.35. The number of benzene rings is 1. The van der Waals surface area contributed by atoms with Crippen molar-refractivity contribution in [1.29, 1.82) is 0 Å². The zero-order chi connectivity index (χ0) is 13.1. The number of hydrogen-bond acceptors (Lipinski definition) is 3. The summed E-state index contributed by atoms with van der Waals surface area (Å²) in [5.74, 6) is -0.300. The van der Waals surface area contributed by atoms with Crippen LogP contribution in [-0.4, -0.2) is 17.7 Å². The third-order valence-electron chi connectivity index (χ3n) is 4.10. The summed E-state index contributed by atoms with van der Waals surface area (Å²) in [4.78, 5) is 11.8. The Morgan fingerprint density at radius 3 is 2.83 bits per heavy atom. The van der Waals surface area contributed by atoms with E-state index >= 15 is 0 Å². The van der Waals surface area contributed by atoms with Gasteiger partial charge >= 0.3 is 5.97 Å². The topological polar surface area (TPSA) is 46.5 Å². The highest BCUT2D eigenvalue weighted by molar-refractivity contribution is 5.93. The van der Waals surface area contributed by atoms with Crippen LogP contribution in [0.5, 0.6) is 0 Å². The molecule has 1 heterocycles. The van der Waals surface area contributed by atoms with E-state index in [1.165, 1.54) is 11.1 Å². The zero-order valence-electron chi connectivity index (χ0n) is 11.0. The number of aliphatic hydroxyl groups is 1. The Morgan fingerprint density at radius 1 is 1.39 bits per heavy atom. The quantitative estimate of drug-likeness (QED) is 0.715. The number of rotatable bonds is 0. The normalized spacial score (nSPS) is 24.4. The van der Waals surface area contributed by atoms with Gasteiger partial charge in [-0.15, -0.1) is 0 Å². The molecule has 0 fully saturated rings. The number of aliphatic hydroxyl groups excluding tert-OH is 1. The lowest BCUT2D eigenvalue weighted by molar-refractivity contribution is 0.0165. The van der Waals surface area contributed by atoms with Crippen LogP contribution >= 0.6 is 0 Å². The minimum atomic E-state index is -0.674. The number of esters is 1. The summed E-state index contributed by atoms with van der Waals surface area (Å²) >= 11 is 0. The van der Waals surface area contributed by atoms with Crippen LogP contribution in [0.4, 0.5) is 0 Å². The molecule has 1 aliphatic carbocycles. The fourth-order valence-corrected chi connectivity index (χ4v) is 3.32. The molecule has 1 N–H and O–H groups in total. The standard InChI is InChI=1S/C15H18O3/c1-8-11-6-15(2,3)5-9(11)4-10-13(8)12(16)7-18-14(10)17/h4,12,16H,5-7H2,1-3H3/t12-/m0/s1. The predicted molar refractivity (Wildman–Crippen MR) is 67.6 cm³/mol. The Morgan fingerprint density at radius 2 is 2.11 bits per heavy atom. The van der Waals surface area contributed by atoms with Crippen LogP contribution in [0.15, 0.2) is 6.07 Å². The van der Waals surface area contributed by atoms with Crippen LogP contribution in [0.25, 0.3) is 0 Å². The molecule has 18 heavy (non-hydrogen) atoms. The number of carbonyl (C=O) groups is 1. The fourth-order valence-electron chi connectivity index (χ4n) is 3.32. The second-order valence-electron chi connectivity index (χ2n) is 6.23. The van der Waals surface area contributed by atoms with Crippen LogP contribution in [0.2, 0.25) is 0 Å². The monoisotopic (exact) mass is 246 g/mol. The van der Waals surface area contributed by atoms with Crippen LogP contribution < -0.4 is 0 Å². The van der Waals surface area contributed by atoms with Crippen molar-refractivity contribution in [2.45, 2.75) is 39.7 Å². The molecule has 3 nitrogen and oxygen atoms in total. The van der Waals surface area contributed by atoms with Crippen molar-refractivity contribution in [1.82, 2.24) is 0 Å². The van der Waals surface area contributed by atoms with Gasteiger partial charge in [-0.1, -0.05) is 13.8 Å². The van der Waals surface area contributed by atoms with Crippen molar-refractivity contribution in [2.24, 2.45) is 5.41 Å². The van der Waals surface area contributed by atoms with E-state index in [-0.39, 0.29) is 18.0 Å². The van der Waals surface area contributed by atoms with Gasteiger partial charge in [0.2, 0.25) is 0 Å². The second-order valence-corrected chi connectivity index (χ2v) is 6.23. The van der Waals surface area contributed by atoms with Crippen molar-refractivity contribution in [2.75, 3.05) is 6.61 Å². The van der Waals surface area contributed by atoms with Crippen LogP contribution in [0.3, 0.4) is 0 Å². The highest BCUT2D eigenvalue weighted by atomic mass is 16.5. The number of fused-ring (bicyclic) bond motifs is 2. The first-order valence-corrected chi connectivity index (χ1v) is 6.39. The molecule has 0 saturated heterocycles. The molecule has 1 aliphatic heterocycles. The summed E-state index contributed by atoms with van der Waals surface area (Å²) in [6.45, 7) is 6.57. The molecular weight excluding hydrogens is 228 g/mol. The molecule has 0 radical (unpaired) electrons. The van der Waals surface area contributed by atoms with E-state index in [2.05, 4.69) is 13.8 Å². The van der Waals surface area contributed by atoms with Crippen LogP contribution in [0, 0.1) is 12.3 Å². The predicted octanol–water partition coefficient (Wildman–Crippen LogP) is 2.32. The van der Waals surface area contributed by atoms with Gasteiger partial charge in [-0.05, 0) is 47.9 Å². The fraction of sp³-hybridized carbons (Fsp3) is 0.533. The van der Waals surface area contributed by atoms with Crippen LogP contribution in [-0.2, 0) is 17.6 Å². The van der Waals surface area contributed by atoms with E-state index in [0.29, 0.717) is 5.56 Å². The average Bonchev–Trinajstić information content (AvgIpc) is 2.59. The summed E-state index contributed by atoms with van der Waals surface area (Å²) in [6.07, 6.45) is 1.33. The van der Waals surface area contributed by atoms with E-state index in [4.69, 9.17) is 4.74 Å². The van der Waals surface area contributed by atoms with Gasteiger partial charge in [0, 0.05) is 5.56 Å². The third kappa shape index (κ3) is 1.57. The van der Waals surface area contributed by atoms with Gasteiger partial charge in [0.15, 0.2) is 0 Å². The van der Waals surface area contributed by atoms with Crippen LogP contribution in [0.1, 0.15) is 52.6 Å². The summed E-state index contributed by atoms with van der Waals surface area (Å²) in [7, 11) is 0. The molecule has 3 rings (SSSR count). The lowest BCUT2D eigenvalue weighted by atomic mass is 9.88. The van der Waals surface area contributed by atoms with Crippen molar-refractivity contribution in [3.05, 3.63) is 33.9 Å². The molecule has 2 aliphatic rings. The van der Waals surface area contributed by atoms with Gasteiger partial charge in [-0.2, -0.15) is 0 Å². The minimum absolute atomic E-state index is 0.0782. The van der Waals surface area contributed by atoms with E-state index in [1.807, 2.05) is 13.0 Å². The average molecular weight is 246 g/mol. The number of cyclic esters (lactones) is 1. The molecule has 0 bridgehead atoms. The lowest BCUT2D eigenvalue weighted by Gasteiger charge is -2.24. The third-order valence-corrected chi connectivity index (χ3v) is 4.10. The first-order valence-electron chi connectivity index (χ1n) is 6.39. The SMILES string of the molecule is Cc1c2c(cc3c1[C@@H](O)COC3=O)CC(C)(C)C2. The number of carbonyl (C=O) groups excluding carboxylic acids is 1. The van der Waals surface area contributed by atoms with Gasteiger partial charge in [-0.25, -0.2) is 4.79 Å². The maximum Gasteiger partial charge on any atom is 0.338 e. The summed E-state index contributed by atoms with van der Waals surface area (Å²) in [5.41, 5.74) is 5.21. The van der Waals surface area contributed by atoms with E-state index in [1.54, 1.807) is 0 Å². The molecule has 0 saturated carbocycles. The molecule has 0 amide bonds.